The van der Waals surface area contributed by atoms with Gasteiger partial charge in [0.15, 0.2) is 0 Å². The van der Waals surface area contributed by atoms with E-state index in [0.29, 0.717) is 11.4 Å². The zero-order valence-corrected chi connectivity index (χ0v) is 17.2. The molecule has 2 amide bonds. The zero-order chi connectivity index (χ0) is 21.1. The van der Waals surface area contributed by atoms with Gasteiger partial charge >= 0.3 is 6.03 Å². The molecule has 0 saturated carbocycles. The van der Waals surface area contributed by atoms with Crippen LogP contribution in [0.15, 0.2) is 48.8 Å². The summed E-state index contributed by atoms with van der Waals surface area (Å²) in [4.78, 5) is 23.1. The lowest BCUT2D eigenvalue weighted by Crippen LogP contribution is -2.46. The first kappa shape index (κ1) is 20.1. The number of urea groups is 1. The molecule has 0 unspecified atom stereocenters. The van der Waals surface area contributed by atoms with Crippen LogP contribution in [0.25, 0.3) is 10.9 Å². The number of aromatic nitrogens is 2. The van der Waals surface area contributed by atoms with Crippen LogP contribution in [0.4, 0.5) is 20.7 Å². The van der Waals surface area contributed by atoms with Crippen molar-refractivity contribution < 1.29 is 9.18 Å². The van der Waals surface area contributed by atoms with E-state index in [9.17, 15) is 9.18 Å². The number of halogens is 1. The first-order valence-corrected chi connectivity index (χ1v) is 10.3. The van der Waals surface area contributed by atoms with Crippen molar-refractivity contribution in [3.05, 3.63) is 60.2 Å². The van der Waals surface area contributed by atoms with Gasteiger partial charge in [0.1, 0.15) is 18.0 Å². The fourth-order valence-electron chi connectivity index (χ4n) is 3.81. The molecule has 2 N–H and O–H groups in total. The first-order valence-electron chi connectivity index (χ1n) is 10.3. The standard InChI is InChI=1S/C23H26FN5O/c1-15(2)16-3-6-18(7-4-16)27-23(30)28-19-9-11-29(12-10-19)22-20-8-5-17(24)13-21(20)25-14-26-22/h3-8,13-15,19H,9-12H2,1-2H3,(H2,27,28,30). The van der Waals surface area contributed by atoms with Gasteiger partial charge in [-0.2, -0.15) is 0 Å². The van der Waals surface area contributed by atoms with E-state index in [2.05, 4.69) is 39.3 Å². The summed E-state index contributed by atoms with van der Waals surface area (Å²) in [7, 11) is 0. The van der Waals surface area contributed by atoms with Crippen LogP contribution in [0, 0.1) is 5.82 Å². The summed E-state index contributed by atoms with van der Waals surface area (Å²) in [5.41, 5.74) is 2.63. The summed E-state index contributed by atoms with van der Waals surface area (Å²) < 4.78 is 13.5. The van der Waals surface area contributed by atoms with E-state index in [1.165, 1.54) is 24.0 Å². The molecule has 0 atom stereocenters. The summed E-state index contributed by atoms with van der Waals surface area (Å²) in [6, 6.07) is 12.4. The maximum atomic E-state index is 13.5. The number of amides is 2. The first-order chi connectivity index (χ1) is 14.5. The summed E-state index contributed by atoms with van der Waals surface area (Å²) in [5.74, 6) is 0.970. The van der Waals surface area contributed by atoms with Gasteiger partial charge in [-0.15, -0.1) is 0 Å². The second kappa shape index (κ2) is 8.65. The third-order valence-electron chi connectivity index (χ3n) is 5.54. The number of nitrogens with one attached hydrogen (secondary N) is 2. The molecule has 1 saturated heterocycles. The van der Waals surface area contributed by atoms with Crippen LogP contribution in [0.2, 0.25) is 0 Å². The molecule has 0 spiro atoms. The molecule has 0 aliphatic carbocycles. The molecule has 1 aromatic heterocycles. The average molecular weight is 407 g/mol. The lowest BCUT2D eigenvalue weighted by Gasteiger charge is -2.33. The predicted octanol–water partition coefficient (Wildman–Crippen LogP) is 4.68. The smallest absolute Gasteiger partial charge is 0.319 e. The average Bonchev–Trinajstić information content (AvgIpc) is 2.74. The van der Waals surface area contributed by atoms with Crippen molar-refractivity contribution in [3.8, 4) is 0 Å². The van der Waals surface area contributed by atoms with Crippen LogP contribution >= 0.6 is 0 Å². The van der Waals surface area contributed by atoms with Gasteiger partial charge in [-0.1, -0.05) is 26.0 Å². The summed E-state index contributed by atoms with van der Waals surface area (Å²) in [6.07, 6.45) is 3.10. The Morgan fingerprint density at radius 3 is 2.53 bits per heavy atom. The van der Waals surface area contributed by atoms with Gasteiger partial charge in [0.25, 0.3) is 0 Å². The van der Waals surface area contributed by atoms with Crippen molar-refractivity contribution in [1.82, 2.24) is 15.3 Å². The molecular weight excluding hydrogens is 381 g/mol. The van der Waals surface area contributed by atoms with Crippen molar-refractivity contribution in [1.29, 1.82) is 0 Å². The van der Waals surface area contributed by atoms with E-state index in [1.807, 2.05) is 24.3 Å². The normalized spacial score (nSPS) is 14.9. The van der Waals surface area contributed by atoms with Gasteiger partial charge in [-0.05, 0) is 48.6 Å². The largest absolute Gasteiger partial charge is 0.356 e. The molecule has 4 rings (SSSR count). The highest BCUT2D eigenvalue weighted by molar-refractivity contribution is 5.90. The molecule has 0 bridgehead atoms. The van der Waals surface area contributed by atoms with Crippen molar-refractivity contribution in [2.24, 2.45) is 0 Å². The Hall–Kier alpha value is -3.22. The van der Waals surface area contributed by atoms with Gasteiger partial charge < -0.3 is 15.5 Å². The van der Waals surface area contributed by atoms with E-state index in [4.69, 9.17) is 0 Å². The molecule has 2 aromatic carbocycles. The highest BCUT2D eigenvalue weighted by Crippen LogP contribution is 2.26. The van der Waals surface area contributed by atoms with Crippen LogP contribution in [-0.4, -0.2) is 35.1 Å². The van der Waals surface area contributed by atoms with Crippen molar-refractivity contribution >= 4 is 28.4 Å². The molecule has 1 fully saturated rings. The minimum atomic E-state index is -0.306. The van der Waals surface area contributed by atoms with Gasteiger partial charge in [0.05, 0.1) is 5.52 Å². The van der Waals surface area contributed by atoms with Gasteiger partial charge in [0, 0.05) is 36.3 Å². The summed E-state index contributed by atoms with van der Waals surface area (Å²) in [5, 5.41) is 6.81. The van der Waals surface area contributed by atoms with Crippen LogP contribution in [-0.2, 0) is 0 Å². The Balaban J connectivity index is 1.33. The summed E-state index contributed by atoms with van der Waals surface area (Å²) in [6.45, 7) is 5.81. The predicted molar refractivity (Wildman–Crippen MR) is 117 cm³/mol. The Bertz CT molecular complexity index is 1030. The highest BCUT2D eigenvalue weighted by atomic mass is 19.1. The van der Waals surface area contributed by atoms with E-state index in [-0.39, 0.29) is 17.9 Å². The quantitative estimate of drug-likeness (QED) is 0.659. The van der Waals surface area contributed by atoms with Crippen LogP contribution in [0.5, 0.6) is 0 Å². The molecule has 3 aromatic rings. The lowest BCUT2D eigenvalue weighted by molar-refractivity contribution is 0.246. The third-order valence-corrected chi connectivity index (χ3v) is 5.54. The minimum Gasteiger partial charge on any atom is -0.356 e. The van der Waals surface area contributed by atoms with Crippen molar-refractivity contribution in [2.45, 2.75) is 38.6 Å². The molecule has 6 nitrogen and oxygen atoms in total. The van der Waals surface area contributed by atoms with E-state index < -0.39 is 0 Å². The second-order valence-electron chi connectivity index (χ2n) is 8.00. The molecule has 0 radical (unpaired) electrons. The molecular formula is C23H26FN5O. The molecule has 2 heterocycles. The topological polar surface area (TPSA) is 70.2 Å². The number of fused-ring (bicyclic) bond motifs is 1. The zero-order valence-electron chi connectivity index (χ0n) is 17.2. The number of carbonyl (C=O) groups excluding carboxylic acids is 1. The Morgan fingerprint density at radius 2 is 1.83 bits per heavy atom. The maximum Gasteiger partial charge on any atom is 0.319 e. The van der Waals surface area contributed by atoms with Crippen LogP contribution < -0.4 is 15.5 Å². The van der Waals surface area contributed by atoms with E-state index >= 15 is 0 Å². The highest BCUT2D eigenvalue weighted by Gasteiger charge is 2.23. The SMILES string of the molecule is CC(C)c1ccc(NC(=O)NC2CCN(c3ncnc4cc(F)ccc34)CC2)cc1. The molecule has 1 aliphatic rings. The third kappa shape index (κ3) is 4.50. The number of nitrogens with zero attached hydrogens (tertiary/aromatic N) is 3. The number of anilines is 2. The van der Waals surface area contributed by atoms with Gasteiger partial charge in [-0.3, -0.25) is 0 Å². The van der Waals surface area contributed by atoms with E-state index in [1.54, 1.807) is 6.07 Å². The van der Waals surface area contributed by atoms with Crippen molar-refractivity contribution in [2.75, 3.05) is 23.3 Å². The number of piperidine rings is 1. The minimum absolute atomic E-state index is 0.0988. The second-order valence-corrected chi connectivity index (χ2v) is 8.00. The monoisotopic (exact) mass is 407 g/mol. The lowest BCUT2D eigenvalue weighted by atomic mass is 10.0. The van der Waals surface area contributed by atoms with Crippen molar-refractivity contribution in [3.63, 3.8) is 0 Å². The molecule has 1 aliphatic heterocycles. The van der Waals surface area contributed by atoms with E-state index in [0.717, 1.165) is 42.8 Å². The fourth-order valence-corrected chi connectivity index (χ4v) is 3.81. The van der Waals surface area contributed by atoms with Crippen LogP contribution in [0.3, 0.4) is 0 Å². The Morgan fingerprint density at radius 1 is 1.10 bits per heavy atom. The summed E-state index contributed by atoms with van der Waals surface area (Å²) >= 11 is 0. The number of rotatable bonds is 4. The molecule has 30 heavy (non-hydrogen) atoms. The Labute approximate surface area is 175 Å². The maximum absolute atomic E-state index is 13.5. The molecule has 156 valence electrons. The number of benzene rings is 2. The number of carbonyl (C=O) groups is 1. The number of hydrogen-bond acceptors (Lipinski definition) is 4. The molecule has 7 heteroatoms. The van der Waals surface area contributed by atoms with Gasteiger partial charge in [-0.25, -0.2) is 19.2 Å². The Kier molecular flexibility index (Phi) is 5.79. The number of hydrogen-bond donors (Lipinski definition) is 2. The van der Waals surface area contributed by atoms with Crippen LogP contribution in [0.1, 0.15) is 38.2 Å². The fraction of sp³-hybridized carbons (Fsp3) is 0.348. The van der Waals surface area contributed by atoms with Gasteiger partial charge in [0.2, 0.25) is 0 Å².